The van der Waals surface area contributed by atoms with Crippen LogP contribution in [0, 0.1) is 0 Å². The predicted octanol–water partition coefficient (Wildman–Crippen LogP) is 2.01. The van der Waals surface area contributed by atoms with Crippen molar-refractivity contribution in [2.45, 2.75) is 19.4 Å². The molecule has 20 heavy (non-hydrogen) atoms. The van der Waals surface area contributed by atoms with Gasteiger partial charge in [-0.25, -0.2) is 4.79 Å². The smallest absolute Gasteiger partial charge is 0.326 e. The van der Waals surface area contributed by atoms with Gasteiger partial charge in [0.25, 0.3) is 5.91 Å². The van der Waals surface area contributed by atoms with E-state index in [-0.39, 0.29) is 0 Å². The van der Waals surface area contributed by atoms with Crippen molar-refractivity contribution in [3.63, 3.8) is 0 Å². The second-order valence-corrected chi connectivity index (χ2v) is 4.56. The maximum atomic E-state index is 12.1. The highest BCUT2D eigenvalue weighted by Gasteiger charge is 2.20. The van der Waals surface area contributed by atoms with Crippen LogP contribution in [-0.4, -0.2) is 23.0 Å². The Bertz CT molecular complexity index is 667. The van der Waals surface area contributed by atoms with Crippen molar-refractivity contribution in [1.82, 2.24) is 5.32 Å². The van der Waals surface area contributed by atoms with E-state index in [2.05, 4.69) is 5.32 Å². The Labute approximate surface area is 116 Å². The zero-order valence-electron chi connectivity index (χ0n) is 11.1. The maximum absolute atomic E-state index is 12.1. The summed E-state index contributed by atoms with van der Waals surface area (Å²) >= 11 is 0. The van der Waals surface area contributed by atoms with Crippen LogP contribution in [-0.2, 0) is 4.79 Å². The van der Waals surface area contributed by atoms with E-state index in [0.29, 0.717) is 17.7 Å². The molecule has 2 aromatic rings. The van der Waals surface area contributed by atoms with Gasteiger partial charge in [-0.1, -0.05) is 31.2 Å². The minimum Gasteiger partial charge on any atom is -0.480 e. The summed E-state index contributed by atoms with van der Waals surface area (Å²) in [6, 6.07) is 10.0. The highest BCUT2D eigenvalue weighted by molar-refractivity contribution is 6.05. The summed E-state index contributed by atoms with van der Waals surface area (Å²) in [5, 5.41) is 13.3. The zero-order valence-corrected chi connectivity index (χ0v) is 11.1. The number of amides is 1. The first-order chi connectivity index (χ1) is 9.52. The number of anilines is 1. The van der Waals surface area contributed by atoms with E-state index in [9.17, 15) is 9.59 Å². The number of hydrogen-bond acceptors (Lipinski definition) is 3. The third kappa shape index (κ3) is 2.71. The summed E-state index contributed by atoms with van der Waals surface area (Å²) < 4.78 is 0. The van der Waals surface area contributed by atoms with Gasteiger partial charge in [0.1, 0.15) is 6.04 Å². The van der Waals surface area contributed by atoms with E-state index in [4.69, 9.17) is 10.8 Å². The average molecular weight is 272 g/mol. The number of carbonyl (C=O) groups is 2. The van der Waals surface area contributed by atoms with Gasteiger partial charge in [0.2, 0.25) is 0 Å². The van der Waals surface area contributed by atoms with Crippen molar-refractivity contribution in [3.8, 4) is 0 Å². The number of rotatable bonds is 4. The van der Waals surface area contributed by atoms with Crippen LogP contribution in [0.1, 0.15) is 23.7 Å². The molecule has 2 rings (SSSR count). The molecule has 0 heterocycles. The van der Waals surface area contributed by atoms with Crippen molar-refractivity contribution < 1.29 is 14.7 Å². The van der Waals surface area contributed by atoms with E-state index >= 15 is 0 Å². The normalized spacial score (nSPS) is 12.1. The van der Waals surface area contributed by atoms with Gasteiger partial charge in [0.05, 0.1) is 5.56 Å². The second kappa shape index (κ2) is 5.61. The molecule has 0 aliphatic rings. The molecule has 0 saturated heterocycles. The molecule has 0 aromatic heterocycles. The van der Waals surface area contributed by atoms with Crippen LogP contribution in [0.25, 0.3) is 10.8 Å². The van der Waals surface area contributed by atoms with Gasteiger partial charge in [-0.15, -0.1) is 0 Å². The molecule has 4 N–H and O–H groups in total. The number of carboxylic acid groups (broad SMARTS) is 1. The van der Waals surface area contributed by atoms with Gasteiger partial charge < -0.3 is 16.2 Å². The zero-order chi connectivity index (χ0) is 14.7. The molecule has 0 aliphatic carbocycles. The molecule has 0 spiro atoms. The van der Waals surface area contributed by atoms with Gasteiger partial charge in [-0.3, -0.25) is 4.79 Å². The largest absolute Gasteiger partial charge is 0.480 e. The molecule has 1 amide bonds. The fourth-order valence-corrected chi connectivity index (χ4v) is 2.03. The summed E-state index contributed by atoms with van der Waals surface area (Å²) in [6.45, 7) is 1.70. The van der Waals surface area contributed by atoms with Crippen LogP contribution < -0.4 is 11.1 Å². The van der Waals surface area contributed by atoms with E-state index in [1.165, 1.54) is 0 Å². The number of nitrogens with two attached hydrogens (primary N) is 1. The number of benzene rings is 2. The lowest BCUT2D eigenvalue weighted by molar-refractivity contribution is -0.139. The molecule has 104 valence electrons. The first-order valence-electron chi connectivity index (χ1n) is 6.35. The van der Waals surface area contributed by atoms with E-state index in [1.54, 1.807) is 19.1 Å². The Morgan fingerprint density at radius 2 is 1.85 bits per heavy atom. The summed E-state index contributed by atoms with van der Waals surface area (Å²) in [4.78, 5) is 23.1. The topological polar surface area (TPSA) is 92.4 Å². The predicted molar refractivity (Wildman–Crippen MR) is 77.5 cm³/mol. The number of aliphatic carboxylic acids is 1. The number of hydrogen-bond donors (Lipinski definition) is 3. The third-order valence-electron chi connectivity index (χ3n) is 3.17. The summed E-state index contributed by atoms with van der Waals surface area (Å²) in [5.74, 6) is -1.53. The molecule has 1 atom stereocenters. The molecule has 0 bridgehead atoms. The Balaban J connectivity index is 2.34. The lowest BCUT2D eigenvalue weighted by atomic mass is 10.0. The van der Waals surface area contributed by atoms with Crippen LogP contribution in [0.4, 0.5) is 5.69 Å². The molecule has 0 radical (unpaired) electrons. The van der Waals surface area contributed by atoms with Crippen LogP contribution in [0.15, 0.2) is 36.4 Å². The number of nitrogens with one attached hydrogen (secondary N) is 1. The van der Waals surface area contributed by atoms with Crippen molar-refractivity contribution in [2.75, 3.05) is 5.73 Å². The van der Waals surface area contributed by atoms with E-state index in [1.807, 2.05) is 24.3 Å². The summed E-state index contributed by atoms with van der Waals surface area (Å²) in [6.07, 6.45) is 0.314. The summed E-state index contributed by atoms with van der Waals surface area (Å²) in [5.41, 5.74) is 6.50. The average Bonchev–Trinajstić information content (AvgIpc) is 2.43. The SMILES string of the molecule is CCC(NC(=O)c1cc2ccccc2cc1N)C(=O)O. The highest BCUT2D eigenvalue weighted by atomic mass is 16.4. The molecule has 0 saturated carbocycles. The molecule has 2 aromatic carbocycles. The molecular weight excluding hydrogens is 256 g/mol. The summed E-state index contributed by atoms with van der Waals surface area (Å²) in [7, 11) is 0. The Kier molecular flexibility index (Phi) is 3.89. The second-order valence-electron chi connectivity index (χ2n) is 4.56. The van der Waals surface area contributed by atoms with Crippen molar-refractivity contribution in [1.29, 1.82) is 0 Å². The van der Waals surface area contributed by atoms with Gasteiger partial charge in [-0.2, -0.15) is 0 Å². The minimum absolute atomic E-state index is 0.295. The van der Waals surface area contributed by atoms with Crippen LogP contribution in [0.5, 0.6) is 0 Å². The quantitative estimate of drug-likeness (QED) is 0.742. The van der Waals surface area contributed by atoms with Crippen molar-refractivity contribution in [2.24, 2.45) is 0 Å². The van der Waals surface area contributed by atoms with Gasteiger partial charge in [0.15, 0.2) is 0 Å². The first kappa shape index (κ1) is 13.9. The number of carbonyl (C=O) groups excluding carboxylic acids is 1. The van der Waals surface area contributed by atoms with Crippen LogP contribution >= 0.6 is 0 Å². The molecular formula is C15H16N2O3. The molecule has 0 fully saturated rings. The highest BCUT2D eigenvalue weighted by Crippen LogP contribution is 2.22. The number of carboxylic acids is 1. The minimum atomic E-state index is -1.06. The van der Waals surface area contributed by atoms with Gasteiger partial charge in [0, 0.05) is 5.69 Å². The van der Waals surface area contributed by atoms with Crippen LogP contribution in [0.3, 0.4) is 0 Å². The van der Waals surface area contributed by atoms with Gasteiger partial charge in [-0.05, 0) is 29.3 Å². The Morgan fingerprint density at radius 3 is 2.40 bits per heavy atom. The van der Waals surface area contributed by atoms with E-state index < -0.39 is 17.9 Å². The fraction of sp³-hybridized carbons (Fsp3) is 0.200. The number of fused-ring (bicyclic) bond motifs is 1. The molecule has 1 unspecified atom stereocenters. The monoisotopic (exact) mass is 272 g/mol. The lowest BCUT2D eigenvalue weighted by Crippen LogP contribution is -2.40. The first-order valence-corrected chi connectivity index (χ1v) is 6.35. The standard InChI is InChI=1S/C15H16N2O3/c1-2-13(15(19)20)17-14(18)11-7-9-5-3-4-6-10(9)8-12(11)16/h3-8,13H,2,16H2,1H3,(H,17,18)(H,19,20). The molecule has 0 aliphatic heterocycles. The third-order valence-corrected chi connectivity index (χ3v) is 3.17. The maximum Gasteiger partial charge on any atom is 0.326 e. The van der Waals surface area contributed by atoms with Crippen LogP contribution in [0.2, 0.25) is 0 Å². The van der Waals surface area contributed by atoms with Crippen molar-refractivity contribution in [3.05, 3.63) is 42.0 Å². The number of nitrogen functional groups attached to an aromatic ring is 1. The van der Waals surface area contributed by atoms with Gasteiger partial charge >= 0.3 is 5.97 Å². The Hall–Kier alpha value is -2.56. The van der Waals surface area contributed by atoms with E-state index in [0.717, 1.165) is 10.8 Å². The van der Waals surface area contributed by atoms with Crippen molar-refractivity contribution >= 4 is 28.3 Å². The lowest BCUT2D eigenvalue weighted by Gasteiger charge is -2.14. The molecule has 5 nitrogen and oxygen atoms in total. The fourth-order valence-electron chi connectivity index (χ4n) is 2.03. The Morgan fingerprint density at radius 1 is 1.25 bits per heavy atom. The molecule has 5 heteroatoms.